The number of benzene rings is 3. The zero-order valence-electron chi connectivity index (χ0n) is 18.6. The van der Waals surface area contributed by atoms with E-state index in [4.69, 9.17) is 17.0 Å². The van der Waals surface area contributed by atoms with Gasteiger partial charge in [0.2, 0.25) is 11.0 Å². The summed E-state index contributed by atoms with van der Waals surface area (Å²) in [7, 11) is 1.52. The molecule has 1 heterocycles. The van der Waals surface area contributed by atoms with Gasteiger partial charge in [-0.3, -0.25) is 24.7 Å². The summed E-state index contributed by atoms with van der Waals surface area (Å²) < 4.78 is 18.3. The molecule has 1 atom stereocenters. The SMILES string of the molecule is COc1ccc(C(=O)NN2C(=S)N(c3ccccc3)C(=O)C2CC(=O)Nc2ccc(F)cc2)cc1. The summed E-state index contributed by atoms with van der Waals surface area (Å²) in [6.45, 7) is 0. The number of amides is 3. The summed E-state index contributed by atoms with van der Waals surface area (Å²) in [4.78, 5) is 40.3. The van der Waals surface area contributed by atoms with E-state index in [9.17, 15) is 18.8 Å². The van der Waals surface area contributed by atoms with Crippen molar-refractivity contribution < 1.29 is 23.5 Å². The van der Waals surface area contributed by atoms with Gasteiger partial charge in [-0.15, -0.1) is 0 Å². The van der Waals surface area contributed by atoms with E-state index >= 15 is 0 Å². The molecule has 0 bridgehead atoms. The van der Waals surface area contributed by atoms with Crippen molar-refractivity contribution in [3.05, 3.63) is 90.2 Å². The van der Waals surface area contributed by atoms with Crippen LogP contribution in [0.5, 0.6) is 5.75 Å². The molecular formula is C25H21FN4O4S. The van der Waals surface area contributed by atoms with Crippen molar-refractivity contribution in [3.63, 3.8) is 0 Å². The van der Waals surface area contributed by atoms with Crippen molar-refractivity contribution >= 4 is 46.4 Å². The van der Waals surface area contributed by atoms with E-state index in [1.165, 1.54) is 41.3 Å². The van der Waals surface area contributed by atoms with Gasteiger partial charge in [-0.1, -0.05) is 18.2 Å². The Morgan fingerprint density at radius 3 is 2.29 bits per heavy atom. The third-order valence-electron chi connectivity index (χ3n) is 5.31. The first-order valence-corrected chi connectivity index (χ1v) is 11.0. The number of hydrazine groups is 1. The van der Waals surface area contributed by atoms with Gasteiger partial charge in [0.15, 0.2) is 0 Å². The lowest BCUT2D eigenvalue weighted by atomic mass is 10.1. The highest BCUT2D eigenvalue weighted by Gasteiger charge is 2.45. The minimum absolute atomic E-state index is 0.0302. The minimum Gasteiger partial charge on any atom is -0.497 e. The standard InChI is InChI=1S/C25H21FN4O4S/c1-34-20-13-7-16(8-14-20)23(32)28-30-21(15-22(31)27-18-11-9-17(26)10-12-18)24(33)29(25(30)35)19-5-3-2-4-6-19/h2-14,21H,15H2,1H3,(H,27,31)(H,28,32). The molecule has 1 fully saturated rings. The Hall–Kier alpha value is -4.31. The predicted octanol–water partition coefficient (Wildman–Crippen LogP) is 3.51. The normalized spacial score (nSPS) is 15.2. The molecular weight excluding hydrogens is 471 g/mol. The molecule has 3 amide bonds. The van der Waals surface area contributed by atoms with Crippen molar-refractivity contribution in [2.24, 2.45) is 0 Å². The Morgan fingerprint density at radius 1 is 1.00 bits per heavy atom. The zero-order chi connectivity index (χ0) is 24.9. The molecule has 0 spiro atoms. The number of rotatable bonds is 7. The number of methoxy groups -OCH3 is 1. The van der Waals surface area contributed by atoms with E-state index in [1.54, 1.807) is 54.6 Å². The van der Waals surface area contributed by atoms with Crippen LogP contribution in [-0.2, 0) is 9.59 Å². The number of carbonyl (C=O) groups is 3. The van der Waals surface area contributed by atoms with E-state index in [1.807, 2.05) is 0 Å². The lowest BCUT2D eigenvalue weighted by Gasteiger charge is -2.24. The highest BCUT2D eigenvalue weighted by molar-refractivity contribution is 7.80. The van der Waals surface area contributed by atoms with E-state index in [2.05, 4.69) is 10.7 Å². The Balaban J connectivity index is 1.57. The fraction of sp³-hybridized carbons (Fsp3) is 0.120. The van der Waals surface area contributed by atoms with Crippen molar-refractivity contribution in [3.8, 4) is 5.75 Å². The van der Waals surface area contributed by atoms with Crippen LogP contribution in [0.3, 0.4) is 0 Å². The van der Waals surface area contributed by atoms with Crippen LogP contribution in [0.4, 0.5) is 15.8 Å². The van der Waals surface area contributed by atoms with Crippen LogP contribution in [0, 0.1) is 5.82 Å². The van der Waals surface area contributed by atoms with Crippen molar-refractivity contribution in [2.45, 2.75) is 12.5 Å². The van der Waals surface area contributed by atoms with Crippen LogP contribution in [0.25, 0.3) is 0 Å². The number of carbonyl (C=O) groups excluding carboxylic acids is 3. The van der Waals surface area contributed by atoms with Gasteiger partial charge in [-0.25, -0.2) is 9.40 Å². The molecule has 4 rings (SSSR count). The van der Waals surface area contributed by atoms with Crippen LogP contribution in [0.1, 0.15) is 16.8 Å². The number of nitrogens with zero attached hydrogens (tertiary/aromatic N) is 2. The van der Waals surface area contributed by atoms with Gasteiger partial charge in [0.1, 0.15) is 17.6 Å². The quantitative estimate of drug-likeness (QED) is 0.491. The summed E-state index contributed by atoms with van der Waals surface area (Å²) in [6, 6.07) is 19.3. The summed E-state index contributed by atoms with van der Waals surface area (Å²) in [6.07, 6.45) is -0.303. The molecule has 1 unspecified atom stereocenters. The molecule has 2 N–H and O–H groups in total. The van der Waals surface area contributed by atoms with Gasteiger partial charge < -0.3 is 10.1 Å². The maximum atomic E-state index is 13.4. The molecule has 0 saturated carbocycles. The number of thiocarbonyl (C=S) groups is 1. The first-order valence-electron chi connectivity index (χ1n) is 10.6. The van der Waals surface area contributed by atoms with E-state index < -0.39 is 29.6 Å². The maximum Gasteiger partial charge on any atom is 0.269 e. The molecule has 0 radical (unpaired) electrons. The third-order valence-corrected chi connectivity index (χ3v) is 5.69. The Morgan fingerprint density at radius 2 is 1.66 bits per heavy atom. The zero-order valence-corrected chi connectivity index (χ0v) is 19.4. The van der Waals surface area contributed by atoms with E-state index in [0.717, 1.165) is 0 Å². The highest BCUT2D eigenvalue weighted by atomic mass is 32.1. The van der Waals surface area contributed by atoms with Crippen LogP contribution >= 0.6 is 12.2 Å². The summed E-state index contributed by atoms with van der Waals surface area (Å²) in [5, 5.41) is 3.89. The van der Waals surface area contributed by atoms with Gasteiger partial charge in [0.25, 0.3) is 11.8 Å². The number of halogens is 1. The molecule has 35 heavy (non-hydrogen) atoms. The first kappa shape index (κ1) is 23.8. The monoisotopic (exact) mass is 492 g/mol. The van der Waals surface area contributed by atoms with Gasteiger partial charge in [0.05, 0.1) is 19.2 Å². The van der Waals surface area contributed by atoms with E-state index in [0.29, 0.717) is 22.7 Å². The number of para-hydroxylation sites is 1. The molecule has 3 aromatic rings. The van der Waals surface area contributed by atoms with Crippen molar-refractivity contribution in [1.29, 1.82) is 0 Å². The van der Waals surface area contributed by atoms with Crippen molar-refractivity contribution in [2.75, 3.05) is 17.3 Å². The van der Waals surface area contributed by atoms with Crippen LogP contribution in [-0.4, -0.2) is 41.0 Å². The highest BCUT2D eigenvalue weighted by Crippen LogP contribution is 2.26. The van der Waals surface area contributed by atoms with Gasteiger partial charge in [-0.2, -0.15) is 0 Å². The van der Waals surface area contributed by atoms with Gasteiger partial charge >= 0.3 is 0 Å². The first-order chi connectivity index (χ1) is 16.9. The average Bonchev–Trinajstić information content (AvgIpc) is 3.09. The molecule has 0 aliphatic carbocycles. The lowest BCUT2D eigenvalue weighted by molar-refractivity contribution is -0.124. The third kappa shape index (κ3) is 5.28. The minimum atomic E-state index is -1.09. The largest absolute Gasteiger partial charge is 0.497 e. The van der Waals surface area contributed by atoms with Crippen LogP contribution in [0.15, 0.2) is 78.9 Å². The second kappa shape index (κ2) is 10.3. The molecule has 1 saturated heterocycles. The Kier molecular flexibility index (Phi) is 7.02. The van der Waals surface area contributed by atoms with Crippen molar-refractivity contribution in [1.82, 2.24) is 10.4 Å². The second-order valence-corrected chi connectivity index (χ2v) is 7.97. The predicted molar refractivity (Wildman–Crippen MR) is 132 cm³/mol. The Bertz CT molecular complexity index is 1250. The number of nitrogens with one attached hydrogen (secondary N) is 2. The summed E-state index contributed by atoms with van der Waals surface area (Å²) in [5.41, 5.74) is 3.85. The molecule has 8 nitrogen and oxygen atoms in total. The second-order valence-electron chi connectivity index (χ2n) is 7.61. The maximum absolute atomic E-state index is 13.4. The number of hydrogen-bond acceptors (Lipinski definition) is 5. The number of ether oxygens (including phenoxy) is 1. The van der Waals surface area contributed by atoms with Crippen LogP contribution in [0.2, 0.25) is 0 Å². The molecule has 10 heteroatoms. The lowest BCUT2D eigenvalue weighted by Crippen LogP contribution is -2.49. The van der Waals surface area contributed by atoms with Gasteiger partial charge in [0, 0.05) is 11.3 Å². The molecule has 1 aliphatic rings. The molecule has 1 aliphatic heterocycles. The fourth-order valence-corrected chi connectivity index (χ4v) is 3.92. The average molecular weight is 493 g/mol. The topological polar surface area (TPSA) is 91.0 Å². The fourth-order valence-electron chi connectivity index (χ4n) is 3.55. The molecule has 3 aromatic carbocycles. The Labute approximate surface area is 206 Å². The smallest absolute Gasteiger partial charge is 0.269 e. The van der Waals surface area contributed by atoms with Crippen LogP contribution < -0.4 is 20.4 Å². The summed E-state index contributed by atoms with van der Waals surface area (Å²) >= 11 is 5.53. The molecule has 178 valence electrons. The van der Waals surface area contributed by atoms with E-state index in [-0.39, 0.29) is 11.5 Å². The molecule has 0 aromatic heterocycles. The number of hydrogen-bond donors (Lipinski definition) is 2. The summed E-state index contributed by atoms with van der Waals surface area (Å²) in [5.74, 6) is -1.34. The van der Waals surface area contributed by atoms with Gasteiger partial charge in [-0.05, 0) is 72.9 Å². The number of anilines is 2.